The van der Waals surface area contributed by atoms with Gasteiger partial charge in [-0.2, -0.15) is 5.10 Å². The van der Waals surface area contributed by atoms with Crippen LogP contribution >= 0.6 is 15.9 Å². The zero-order valence-corrected chi connectivity index (χ0v) is 13.0. The summed E-state index contributed by atoms with van der Waals surface area (Å²) >= 11 is 3.44. The number of aryl methyl sites for hydroxylation is 1. The van der Waals surface area contributed by atoms with E-state index in [0.717, 1.165) is 15.7 Å². The summed E-state index contributed by atoms with van der Waals surface area (Å²) in [6.07, 6.45) is 0.391. The van der Waals surface area contributed by atoms with Crippen molar-refractivity contribution in [2.45, 2.75) is 19.3 Å². The van der Waals surface area contributed by atoms with Crippen LogP contribution in [-0.4, -0.2) is 29.3 Å². The van der Waals surface area contributed by atoms with Crippen molar-refractivity contribution in [3.05, 3.63) is 51.2 Å². The van der Waals surface area contributed by atoms with Gasteiger partial charge in [0.2, 0.25) is 0 Å². The average molecular weight is 351 g/mol. The van der Waals surface area contributed by atoms with Gasteiger partial charge in [-0.3, -0.25) is 4.79 Å². The smallest absolute Gasteiger partial charge is 0.266 e. The number of hydrogen-bond acceptors (Lipinski definition) is 4. The quantitative estimate of drug-likeness (QED) is 0.849. The van der Waals surface area contributed by atoms with E-state index in [0.29, 0.717) is 26.2 Å². The Bertz CT molecular complexity index is 681. The molecule has 5 nitrogen and oxygen atoms in total. The molecule has 3 rings (SSSR count). The number of benzene rings is 1. The molecule has 1 aliphatic heterocycles. The SMILES string of the molecule is O=c1ccc(-c2cccc(Br)c2)nn1CCC1OCCO1. The summed E-state index contributed by atoms with van der Waals surface area (Å²) in [5.41, 5.74) is 1.61. The molecule has 0 amide bonds. The number of halogens is 1. The fourth-order valence-electron chi connectivity index (χ4n) is 2.21. The standard InChI is InChI=1S/C15H15BrN2O3/c16-12-3-1-2-11(10-12)13-4-5-14(19)18(17-13)7-6-15-20-8-9-21-15/h1-5,10,15H,6-9H2. The number of hydrogen-bond donors (Lipinski definition) is 0. The lowest BCUT2D eigenvalue weighted by Crippen LogP contribution is -2.24. The minimum Gasteiger partial charge on any atom is -0.350 e. The van der Waals surface area contributed by atoms with E-state index in [-0.39, 0.29) is 11.8 Å². The fraction of sp³-hybridized carbons (Fsp3) is 0.333. The second kappa shape index (κ2) is 6.51. The second-order valence-corrected chi connectivity index (χ2v) is 5.67. The highest BCUT2D eigenvalue weighted by molar-refractivity contribution is 9.10. The molecule has 0 spiro atoms. The molecule has 1 aromatic carbocycles. The zero-order chi connectivity index (χ0) is 14.7. The lowest BCUT2D eigenvalue weighted by molar-refractivity contribution is -0.0497. The maximum Gasteiger partial charge on any atom is 0.266 e. The molecule has 1 fully saturated rings. The van der Waals surface area contributed by atoms with Gasteiger partial charge in [0.05, 0.1) is 18.9 Å². The number of aromatic nitrogens is 2. The molecule has 0 aliphatic carbocycles. The molecule has 1 aromatic heterocycles. The predicted octanol–water partition coefficient (Wildman–Crippen LogP) is 2.44. The van der Waals surface area contributed by atoms with Crippen LogP contribution in [0.15, 0.2) is 45.7 Å². The molecule has 110 valence electrons. The summed E-state index contributed by atoms with van der Waals surface area (Å²) in [4.78, 5) is 11.9. The Morgan fingerprint density at radius 3 is 2.81 bits per heavy atom. The van der Waals surface area contributed by atoms with E-state index in [1.165, 1.54) is 4.68 Å². The van der Waals surface area contributed by atoms with Crippen LogP contribution < -0.4 is 5.56 Å². The van der Waals surface area contributed by atoms with E-state index in [1.807, 2.05) is 24.3 Å². The third kappa shape index (κ3) is 3.58. The molecule has 1 aliphatic rings. The van der Waals surface area contributed by atoms with Crippen molar-refractivity contribution in [2.75, 3.05) is 13.2 Å². The summed E-state index contributed by atoms with van der Waals surface area (Å²) in [6.45, 7) is 1.71. The molecule has 0 atom stereocenters. The van der Waals surface area contributed by atoms with Crippen molar-refractivity contribution in [3.63, 3.8) is 0 Å². The molecule has 0 N–H and O–H groups in total. The Balaban J connectivity index is 1.80. The predicted molar refractivity (Wildman–Crippen MR) is 81.9 cm³/mol. The molecular weight excluding hydrogens is 336 g/mol. The normalized spacial score (nSPS) is 15.5. The van der Waals surface area contributed by atoms with Crippen LogP contribution in [0.2, 0.25) is 0 Å². The van der Waals surface area contributed by atoms with Gasteiger partial charge in [0.15, 0.2) is 6.29 Å². The van der Waals surface area contributed by atoms with Crippen molar-refractivity contribution in [3.8, 4) is 11.3 Å². The van der Waals surface area contributed by atoms with E-state index in [1.54, 1.807) is 12.1 Å². The van der Waals surface area contributed by atoms with Gasteiger partial charge in [0.1, 0.15) is 0 Å². The highest BCUT2D eigenvalue weighted by Gasteiger charge is 2.16. The van der Waals surface area contributed by atoms with E-state index < -0.39 is 0 Å². The Kier molecular flexibility index (Phi) is 4.48. The van der Waals surface area contributed by atoms with Crippen LogP contribution in [-0.2, 0) is 16.0 Å². The van der Waals surface area contributed by atoms with Gasteiger partial charge >= 0.3 is 0 Å². The van der Waals surface area contributed by atoms with Gasteiger partial charge in [-0.1, -0.05) is 28.1 Å². The summed E-state index contributed by atoms with van der Waals surface area (Å²) < 4.78 is 13.2. The minimum atomic E-state index is -0.228. The fourth-order valence-corrected chi connectivity index (χ4v) is 2.61. The van der Waals surface area contributed by atoms with Gasteiger partial charge in [-0.05, 0) is 18.2 Å². The second-order valence-electron chi connectivity index (χ2n) is 4.75. The number of nitrogens with zero attached hydrogens (tertiary/aromatic N) is 2. The highest BCUT2D eigenvalue weighted by atomic mass is 79.9. The van der Waals surface area contributed by atoms with Gasteiger partial charge in [-0.25, -0.2) is 4.68 Å². The monoisotopic (exact) mass is 350 g/mol. The largest absolute Gasteiger partial charge is 0.350 e. The summed E-state index contributed by atoms with van der Waals surface area (Å²) in [6, 6.07) is 11.1. The third-order valence-corrected chi connectivity index (χ3v) is 3.75. The van der Waals surface area contributed by atoms with Crippen molar-refractivity contribution < 1.29 is 9.47 Å². The third-order valence-electron chi connectivity index (χ3n) is 3.25. The first-order valence-electron chi connectivity index (χ1n) is 6.80. The van der Waals surface area contributed by atoms with E-state index >= 15 is 0 Å². The van der Waals surface area contributed by atoms with Crippen LogP contribution in [0.1, 0.15) is 6.42 Å². The molecule has 2 aromatic rings. The minimum absolute atomic E-state index is 0.119. The van der Waals surface area contributed by atoms with Crippen LogP contribution in [0, 0.1) is 0 Å². The van der Waals surface area contributed by atoms with Crippen molar-refractivity contribution in [2.24, 2.45) is 0 Å². The first-order chi connectivity index (χ1) is 10.2. The Labute approximate surface area is 130 Å². The number of ether oxygens (including phenoxy) is 2. The van der Waals surface area contributed by atoms with Crippen LogP contribution in [0.4, 0.5) is 0 Å². The number of rotatable bonds is 4. The van der Waals surface area contributed by atoms with Crippen molar-refractivity contribution in [1.82, 2.24) is 9.78 Å². The van der Waals surface area contributed by atoms with Gasteiger partial charge in [-0.15, -0.1) is 0 Å². The molecule has 6 heteroatoms. The van der Waals surface area contributed by atoms with Gasteiger partial charge < -0.3 is 9.47 Å². The van der Waals surface area contributed by atoms with Crippen molar-refractivity contribution >= 4 is 15.9 Å². The van der Waals surface area contributed by atoms with Crippen LogP contribution in [0.25, 0.3) is 11.3 Å². The van der Waals surface area contributed by atoms with E-state index in [9.17, 15) is 4.79 Å². The lowest BCUT2D eigenvalue weighted by atomic mass is 10.1. The molecule has 0 unspecified atom stereocenters. The summed E-state index contributed by atoms with van der Waals surface area (Å²) in [5.74, 6) is 0. The summed E-state index contributed by atoms with van der Waals surface area (Å²) in [7, 11) is 0. The Morgan fingerprint density at radius 2 is 2.05 bits per heavy atom. The Hall–Kier alpha value is -1.50. The molecular formula is C15H15BrN2O3. The molecule has 0 radical (unpaired) electrons. The first kappa shape index (κ1) is 14.4. The lowest BCUT2D eigenvalue weighted by Gasteiger charge is -2.10. The van der Waals surface area contributed by atoms with Gasteiger partial charge in [0.25, 0.3) is 5.56 Å². The maximum absolute atomic E-state index is 11.9. The highest BCUT2D eigenvalue weighted by Crippen LogP contribution is 2.20. The molecule has 1 saturated heterocycles. The van der Waals surface area contributed by atoms with E-state index in [2.05, 4.69) is 21.0 Å². The molecule has 21 heavy (non-hydrogen) atoms. The topological polar surface area (TPSA) is 53.4 Å². The zero-order valence-electron chi connectivity index (χ0n) is 11.4. The first-order valence-corrected chi connectivity index (χ1v) is 7.59. The molecule has 2 heterocycles. The van der Waals surface area contributed by atoms with Gasteiger partial charge in [0, 0.05) is 29.1 Å². The van der Waals surface area contributed by atoms with E-state index in [4.69, 9.17) is 9.47 Å². The van der Waals surface area contributed by atoms with Crippen LogP contribution in [0.5, 0.6) is 0 Å². The average Bonchev–Trinajstić information content (AvgIpc) is 3.00. The molecule has 0 saturated carbocycles. The maximum atomic E-state index is 11.9. The Morgan fingerprint density at radius 1 is 1.24 bits per heavy atom. The van der Waals surface area contributed by atoms with Crippen molar-refractivity contribution in [1.29, 1.82) is 0 Å². The molecule has 0 bridgehead atoms. The summed E-state index contributed by atoms with van der Waals surface area (Å²) in [5, 5.41) is 4.42. The van der Waals surface area contributed by atoms with Crippen LogP contribution in [0.3, 0.4) is 0 Å².